The minimum Gasteiger partial charge on any atom is -0.338 e. The predicted octanol–water partition coefficient (Wildman–Crippen LogP) is 1.96. The van der Waals surface area contributed by atoms with Crippen LogP contribution >= 0.6 is 0 Å². The Morgan fingerprint density at radius 2 is 1.83 bits per heavy atom. The van der Waals surface area contributed by atoms with Crippen molar-refractivity contribution in [3.63, 3.8) is 0 Å². The van der Waals surface area contributed by atoms with E-state index in [9.17, 15) is 14.4 Å². The molecule has 0 aromatic heterocycles. The highest BCUT2D eigenvalue weighted by molar-refractivity contribution is 5.87. The number of carbonyl (C=O) groups is 3. The van der Waals surface area contributed by atoms with Crippen LogP contribution in [-0.4, -0.2) is 72.6 Å². The summed E-state index contributed by atoms with van der Waals surface area (Å²) in [5, 5.41) is 8.45. The zero-order valence-electron chi connectivity index (χ0n) is 18.3. The molecule has 166 valence electrons. The SMILES string of the molecule is CCCCNC(=O)N1CCN(C(=O)C(Cc2ccccc2)NC(=O)NCC)CC1C. The number of nitrogens with zero attached hydrogens (tertiary/aromatic N) is 2. The largest absolute Gasteiger partial charge is 0.338 e. The van der Waals surface area contributed by atoms with Gasteiger partial charge in [0, 0.05) is 45.2 Å². The van der Waals surface area contributed by atoms with Crippen LogP contribution in [0.25, 0.3) is 0 Å². The van der Waals surface area contributed by atoms with Crippen molar-refractivity contribution in [1.82, 2.24) is 25.8 Å². The van der Waals surface area contributed by atoms with Crippen LogP contribution in [0, 0.1) is 0 Å². The average molecular weight is 418 g/mol. The Hall–Kier alpha value is -2.77. The molecular formula is C22H35N5O3. The van der Waals surface area contributed by atoms with Gasteiger partial charge in [0.2, 0.25) is 5.91 Å². The van der Waals surface area contributed by atoms with E-state index < -0.39 is 6.04 Å². The highest BCUT2D eigenvalue weighted by atomic mass is 16.2. The molecule has 8 heteroatoms. The van der Waals surface area contributed by atoms with Crippen LogP contribution in [0.1, 0.15) is 39.2 Å². The molecule has 0 bridgehead atoms. The van der Waals surface area contributed by atoms with Gasteiger partial charge in [-0.3, -0.25) is 4.79 Å². The number of carbonyl (C=O) groups excluding carboxylic acids is 3. The summed E-state index contributed by atoms with van der Waals surface area (Å²) in [6.45, 7) is 8.39. The first kappa shape index (κ1) is 23.5. The van der Waals surface area contributed by atoms with Gasteiger partial charge in [-0.25, -0.2) is 9.59 Å². The van der Waals surface area contributed by atoms with E-state index in [1.54, 1.807) is 9.80 Å². The molecule has 1 aromatic carbocycles. The second-order valence-electron chi connectivity index (χ2n) is 7.66. The number of piperazine rings is 1. The van der Waals surface area contributed by atoms with Gasteiger partial charge in [0.25, 0.3) is 0 Å². The van der Waals surface area contributed by atoms with Crippen molar-refractivity contribution in [1.29, 1.82) is 0 Å². The number of unbranched alkanes of at least 4 members (excludes halogenated alkanes) is 1. The van der Waals surface area contributed by atoms with Crippen LogP contribution in [0.3, 0.4) is 0 Å². The van der Waals surface area contributed by atoms with Crippen LogP contribution in [-0.2, 0) is 11.2 Å². The Morgan fingerprint density at radius 3 is 2.47 bits per heavy atom. The van der Waals surface area contributed by atoms with E-state index in [-0.39, 0.29) is 24.0 Å². The number of hydrogen-bond donors (Lipinski definition) is 3. The fourth-order valence-corrected chi connectivity index (χ4v) is 3.57. The molecule has 8 nitrogen and oxygen atoms in total. The van der Waals surface area contributed by atoms with Crippen LogP contribution < -0.4 is 16.0 Å². The standard InChI is InChI=1S/C22H35N5O3/c1-4-6-12-24-22(30)27-14-13-26(16-17(27)3)20(28)19(25-21(29)23-5-2)15-18-10-8-7-9-11-18/h7-11,17,19H,4-6,12-16H2,1-3H3,(H,24,30)(H2,23,25,29). The van der Waals surface area contributed by atoms with Crippen LogP contribution in [0.15, 0.2) is 30.3 Å². The smallest absolute Gasteiger partial charge is 0.317 e. The van der Waals surface area contributed by atoms with Gasteiger partial charge in [0.05, 0.1) is 0 Å². The number of nitrogens with one attached hydrogen (secondary N) is 3. The lowest BCUT2D eigenvalue weighted by Crippen LogP contribution is -2.61. The van der Waals surface area contributed by atoms with Crippen molar-refractivity contribution in [2.45, 2.75) is 52.1 Å². The van der Waals surface area contributed by atoms with E-state index in [1.165, 1.54) is 0 Å². The molecule has 1 aliphatic rings. The van der Waals surface area contributed by atoms with Crippen LogP contribution in [0.2, 0.25) is 0 Å². The third-order valence-electron chi connectivity index (χ3n) is 5.23. The van der Waals surface area contributed by atoms with Gasteiger partial charge in [-0.2, -0.15) is 0 Å². The summed E-state index contributed by atoms with van der Waals surface area (Å²) in [6, 6.07) is 8.47. The van der Waals surface area contributed by atoms with Gasteiger partial charge in [0.1, 0.15) is 6.04 Å². The third kappa shape index (κ3) is 6.93. The lowest BCUT2D eigenvalue weighted by atomic mass is 10.0. The second kappa shape index (κ2) is 12.0. The first-order valence-electron chi connectivity index (χ1n) is 10.9. The number of hydrogen-bond acceptors (Lipinski definition) is 3. The quantitative estimate of drug-likeness (QED) is 0.565. The topological polar surface area (TPSA) is 93.8 Å². The third-order valence-corrected chi connectivity index (χ3v) is 5.23. The Morgan fingerprint density at radius 1 is 1.10 bits per heavy atom. The Bertz CT molecular complexity index is 697. The van der Waals surface area contributed by atoms with Crippen molar-refractivity contribution in [3.05, 3.63) is 35.9 Å². The summed E-state index contributed by atoms with van der Waals surface area (Å²) < 4.78 is 0. The maximum absolute atomic E-state index is 13.2. The van der Waals surface area contributed by atoms with Crippen LogP contribution in [0.4, 0.5) is 9.59 Å². The number of amides is 5. The Labute approximate surface area is 179 Å². The molecule has 30 heavy (non-hydrogen) atoms. The number of benzene rings is 1. The molecule has 1 heterocycles. The molecule has 1 saturated heterocycles. The predicted molar refractivity (Wildman–Crippen MR) is 117 cm³/mol. The molecule has 2 rings (SSSR count). The van der Waals surface area contributed by atoms with Gasteiger partial charge >= 0.3 is 12.1 Å². The first-order valence-corrected chi connectivity index (χ1v) is 10.9. The normalized spacial score (nSPS) is 17.2. The summed E-state index contributed by atoms with van der Waals surface area (Å²) >= 11 is 0. The molecule has 1 aromatic rings. The molecule has 3 N–H and O–H groups in total. The molecule has 0 radical (unpaired) electrons. The van der Waals surface area contributed by atoms with Crippen molar-refractivity contribution in [2.24, 2.45) is 0 Å². The maximum atomic E-state index is 13.2. The minimum atomic E-state index is -0.656. The molecule has 2 unspecified atom stereocenters. The lowest BCUT2D eigenvalue weighted by molar-refractivity contribution is -0.135. The van der Waals surface area contributed by atoms with Crippen LogP contribution in [0.5, 0.6) is 0 Å². The Balaban J connectivity index is 2.01. The van der Waals surface area contributed by atoms with E-state index >= 15 is 0 Å². The zero-order valence-corrected chi connectivity index (χ0v) is 18.3. The molecule has 2 atom stereocenters. The van der Waals surface area contributed by atoms with E-state index in [0.29, 0.717) is 39.1 Å². The maximum Gasteiger partial charge on any atom is 0.317 e. The average Bonchev–Trinajstić information content (AvgIpc) is 2.73. The summed E-state index contributed by atoms with van der Waals surface area (Å²) in [5.74, 6) is -0.122. The van der Waals surface area contributed by atoms with E-state index in [4.69, 9.17) is 0 Å². The fraction of sp³-hybridized carbons (Fsp3) is 0.591. The molecule has 1 aliphatic heterocycles. The minimum absolute atomic E-state index is 0.0793. The number of urea groups is 2. The van der Waals surface area contributed by atoms with Crippen molar-refractivity contribution >= 4 is 18.0 Å². The molecule has 5 amide bonds. The van der Waals surface area contributed by atoms with Crippen molar-refractivity contribution in [3.8, 4) is 0 Å². The fourth-order valence-electron chi connectivity index (χ4n) is 3.57. The van der Waals surface area contributed by atoms with Gasteiger partial charge < -0.3 is 25.8 Å². The van der Waals surface area contributed by atoms with Gasteiger partial charge in [-0.1, -0.05) is 43.7 Å². The second-order valence-corrected chi connectivity index (χ2v) is 7.66. The lowest BCUT2D eigenvalue weighted by Gasteiger charge is -2.41. The summed E-state index contributed by atoms with van der Waals surface area (Å²) in [6.07, 6.45) is 2.40. The highest BCUT2D eigenvalue weighted by Gasteiger charge is 2.33. The van der Waals surface area contributed by atoms with E-state index in [0.717, 1.165) is 18.4 Å². The molecule has 0 saturated carbocycles. The van der Waals surface area contributed by atoms with E-state index in [2.05, 4.69) is 22.9 Å². The molecule has 1 fully saturated rings. The van der Waals surface area contributed by atoms with Gasteiger partial charge in [0.15, 0.2) is 0 Å². The van der Waals surface area contributed by atoms with E-state index in [1.807, 2.05) is 44.2 Å². The molecule has 0 aliphatic carbocycles. The molecule has 0 spiro atoms. The van der Waals surface area contributed by atoms with Crippen molar-refractivity contribution in [2.75, 3.05) is 32.7 Å². The monoisotopic (exact) mass is 417 g/mol. The molecular weight excluding hydrogens is 382 g/mol. The summed E-state index contributed by atoms with van der Waals surface area (Å²) in [4.78, 5) is 41.3. The number of rotatable bonds is 8. The zero-order chi connectivity index (χ0) is 21.9. The summed E-state index contributed by atoms with van der Waals surface area (Å²) in [5.41, 5.74) is 0.981. The highest BCUT2D eigenvalue weighted by Crippen LogP contribution is 2.13. The van der Waals surface area contributed by atoms with Gasteiger partial charge in [-0.15, -0.1) is 0 Å². The summed E-state index contributed by atoms with van der Waals surface area (Å²) in [7, 11) is 0. The van der Waals surface area contributed by atoms with Gasteiger partial charge in [-0.05, 0) is 25.8 Å². The first-order chi connectivity index (χ1) is 14.5. The Kier molecular flexibility index (Phi) is 9.44. The van der Waals surface area contributed by atoms with Crippen molar-refractivity contribution < 1.29 is 14.4 Å².